The number of rotatable bonds is 3. The summed E-state index contributed by atoms with van der Waals surface area (Å²) < 4.78 is 81.5. The Morgan fingerprint density at radius 3 is 1.96 bits per heavy atom. The van der Waals surface area contributed by atoms with Crippen molar-refractivity contribution in [2.45, 2.75) is 12.4 Å². The number of alkyl halides is 6. The summed E-state index contributed by atoms with van der Waals surface area (Å²) in [7, 11) is 1.35. The summed E-state index contributed by atoms with van der Waals surface area (Å²) in [6.45, 7) is 0. The van der Waals surface area contributed by atoms with Crippen LogP contribution in [0.1, 0.15) is 21.5 Å². The first-order valence-corrected chi connectivity index (χ1v) is 6.61. The van der Waals surface area contributed by atoms with Gasteiger partial charge in [0.25, 0.3) is 5.91 Å². The van der Waals surface area contributed by atoms with Crippen LogP contribution in [0.25, 0.3) is 0 Å². The summed E-state index contributed by atoms with van der Waals surface area (Å²) in [6.07, 6.45) is -8.91. The maximum absolute atomic E-state index is 12.8. The van der Waals surface area contributed by atoms with Crippen molar-refractivity contribution in [1.82, 2.24) is 4.98 Å². The fourth-order valence-corrected chi connectivity index (χ4v) is 1.86. The van der Waals surface area contributed by atoms with Crippen LogP contribution in [0.2, 0.25) is 0 Å². The minimum absolute atomic E-state index is 0.0499. The number of aromatic nitrogens is 1. The molecule has 1 N–H and O–H groups in total. The number of nitrogens with one attached hydrogen (secondary N) is 1. The van der Waals surface area contributed by atoms with Crippen LogP contribution < -0.4 is 10.1 Å². The number of pyridine rings is 1. The Hall–Kier alpha value is -2.78. The van der Waals surface area contributed by atoms with Crippen LogP contribution in [-0.2, 0) is 12.4 Å². The van der Waals surface area contributed by atoms with Gasteiger partial charge in [-0.3, -0.25) is 4.79 Å². The van der Waals surface area contributed by atoms with E-state index in [0.717, 1.165) is 6.20 Å². The zero-order valence-corrected chi connectivity index (χ0v) is 12.5. The van der Waals surface area contributed by atoms with E-state index < -0.39 is 35.0 Å². The zero-order valence-electron chi connectivity index (χ0n) is 12.5. The summed E-state index contributed by atoms with van der Waals surface area (Å²) in [6, 6.07) is 3.35. The molecular weight excluding hydrogens is 354 g/mol. The van der Waals surface area contributed by atoms with Gasteiger partial charge in [0.1, 0.15) is 0 Å². The summed E-state index contributed by atoms with van der Waals surface area (Å²) in [4.78, 5) is 15.8. The molecule has 0 aliphatic rings. The molecule has 0 saturated carbocycles. The predicted octanol–water partition coefficient (Wildman–Crippen LogP) is 4.38. The molecule has 0 aliphatic heterocycles. The van der Waals surface area contributed by atoms with Gasteiger partial charge in [0, 0.05) is 11.6 Å². The third-order valence-corrected chi connectivity index (χ3v) is 3.05. The highest BCUT2D eigenvalue weighted by atomic mass is 19.4. The molecule has 0 radical (unpaired) electrons. The maximum Gasteiger partial charge on any atom is 0.416 e. The van der Waals surface area contributed by atoms with E-state index in [1.165, 1.54) is 19.2 Å². The van der Waals surface area contributed by atoms with Crippen LogP contribution in [0.5, 0.6) is 5.88 Å². The number of amides is 1. The number of hydrogen-bond donors (Lipinski definition) is 1. The fraction of sp³-hybridized carbons (Fsp3) is 0.200. The standard InChI is InChI=1S/C15H10F6N2O2/c1-25-12-3-2-11(7-22-12)23-13(24)8-4-9(14(16,17)18)6-10(5-8)15(19,20)21/h2-7H,1H3,(H,23,24). The van der Waals surface area contributed by atoms with Gasteiger partial charge >= 0.3 is 12.4 Å². The Labute approximate surface area is 137 Å². The van der Waals surface area contributed by atoms with Gasteiger partial charge in [-0.25, -0.2) is 4.98 Å². The molecule has 2 aromatic rings. The Balaban J connectivity index is 2.37. The lowest BCUT2D eigenvalue weighted by Gasteiger charge is -2.14. The molecule has 0 bridgehead atoms. The highest BCUT2D eigenvalue weighted by molar-refractivity contribution is 6.04. The Bertz CT molecular complexity index is 737. The van der Waals surface area contributed by atoms with E-state index in [4.69, 9.17) is 4.74 Å². The van der Waals surface area contributed by atoms with Gasteiger partial charge in [0.15, 0.2) is 0 Å². The highest BCUT2D eigenvalue weighted by Gasteiger charge is 2.37. The molecule has 2 rings (SSSR count). The first kappa shape index (κ1) is 18.6. The zero-order chi connectivity index (χ0) is 18.8. The lowest BCUT2D eigenvalue weighted by Crippen LogP contribution is -2.17. The molecule has 0 aliphatic carbocycles. The van der Waals surface area contributed by atoms with Gasteiger partial charge in [0.2, 0.25) is 5.88 Å². The number of carbonyl (C=O) groups excluding carboxylic acids is 1. The van der Waals surface area contributed by atoms with E-state index in [9.17, 15) is 31.1 Å². The monoisotopic (exact) mass is 364 g/mol. The number of carbonyl (C=O) groups is 1. The van der Waals surface area contributed by atoms with Gasteiger partial charge in [0.05, 0.1) is 30.1 Å². The fourth-order valence-electron chi connectivity index (χ4n) is 1.86. The van der Waals surface area contributed by atoms with Crippen molar-refractivity contribution in [2.24, 2.45) is 0 Å². The van der Waals surface area contributed by atoms with E-state index in [2.05, 4.69) is 10.3 Å². The minimum Gasteiger partial charge on any atom is -0.481 e. The summed E-state index contributed by atoms with van der Waals surface area (Å²) in [5.41, 5.74) is -3.84. The number of benzene rings is 1. The largest absolute Gasteiger partial charge is 0.481 e. The third-order valence-electron chi connectivity index (χ3n) is 3.05. The summed E-state index contributed by atoms with van der Waals surface area (Å²) in [5.74, 6) is -0.917. The number of methoxy groups -OCH3 is 1. The van der Waals surface area contributed by atoms with Crippen LogP contribution in [-0.4, -0.2) is 18.0 Å². The molecule has 1 heterocycles. The van der Waals surface area contributed by atoms with Crippen LogP contribution >= 0.6 is 0 Å². The van der Waals surface area contributed by atoms with Crippen LogP contribution in [0, 0.1) is 0 Å². The maximum atomic E-state index is 12.8. The van der Waals surface area contributed by atoms with E-state index in [1.807, 2.05) is 0 Å². The van der Waals surface area contributed by atoms with Crippen molar-refractivity contribution < 1.29 is 35.9 Å². The molecule has 25 heavy (non-hydrogen) atoms. The van der Waals surface area contributed by atoms with Crippen LogP contribution in [0.15, 0.2) is 36.5 Å². The topological polar surface area (TPSA) is 51.2 Å². The smallest absolute Gasteiger partial charge is 0.416 e. The Morgan fingerprint density at radius 2 is 1.56 bits per heavy atom. The number of hydrogen-bond acceptors (Lipinski definition) is 3. The molecule has 1 aromatic carbocycles. The first-order chi connectivity index (χ1) is 11.5. The molecule has 134 valence electrons. The van der Waals surface area contributed by atoms with Crippen LogP contribution in [0.4, 0.5) is 32.0 Å². The molecule has 10 heteroatoms. The average molecular weight is 364 g/mol. The van der Waals surface area contributed by atoms with Crippen molar-refractivity contribution in [2.75, 3.05) is 12.4 Å². The molecule has 0 atom stereocenters. The quantitative estimate of drug-likeness (QED) is 0.823. The van der Waals surface area contributed by atoms with Gasteiger partial charge in [-0.1, -0.05) is 0 Å². The normalized spacial score (nSPS) is 12.0. The molecular formula is C15H10F6N2O2. The molecule has 1 amide bonds. The van der Waals surface area contributed by atoms with Crippen LogP contribution in [0.3, 0.4) is 0 Å². The van der Waals surface area contributed by atoms with E-state index in [0.29, 0.717) is 12.1 Å². The van der Waals surface area contributed by atoms with Crippen molar-refractivity contribution in [3.63, 3.8) is 0 Å². The minimum atomic E-state index is -5.03. The lowest BCUT2D eigenvalue weighted by molar-refractivity contribution is -0.143. The van der Waals surface area contributed by atoms with E-state index >= 15 is 0 Å². The van der Waals surface area contributed by atoms with Crippen molar-refractivity contribution in [3.8, 4) is 5.88 Å². The molecule has 0 fully saturated rings. The second-order valence-electron chi connectivity index (χ2n) is 4.84. The molecule has 0 spiro atoms. The predicted molar refractivity (Wildman–Crippen MR) is 75.2 cm³/mol. The number of nitrogens with zero attached hydrogens (tertiary/aromatic N) is 1. The second-order valence-corrected chi connectivity index (χ2v) is 4.84. The SMILES string of the molecule is COc1ccc(NC(=O)c2cc(C(F)(F)F)cc(C(F)(F)F)c2)cn1. The van der Waals surface area contributed by atoms with E-state index in [1.54, 1.807) is 0 Å². The molecule has 0 saturated heterocycles. The Kier molecular flexibility index (Phi) is 4.91. The summed E-state index contributed by atoms with van der Waals surface area (Å²) >= 11 is 0. The number of halogens is 6. The van der Waals surface area contributed by atoms with Crippen molar-refractivity contribution in [1.29, 1.82) is 0 Å². The number of ether oxygens (including phenoxy) is 1. The lowest BCUT2D eigenvalue weighted by atomic mass is 10.0. The highest BCUT2D eigenvalue weighted by Crippen LogP contribution is 2.36. The molecule has 1 aromatic heterocycles. The number of anilines is 1. The third kappa shape index (κ3) is 4.61. The first-order valence-electron chi connectivity index (χ1n) is 6.61. The van der Waals surface area contributed by atoms with Crippen molar-refractivity contribution in [3.05, 3.63) is 53.2 Å². The Morgan fingerprint density at radius 1 is 1.00 bits per heavy atom. The van der Waals surface area contributed by atoms with Gasteiger partial charge < -0.3 is 10.1 Å². The van der Waals surface area contributed by atoms with Gasteiger partial charge in [-0.05, 0) is 24.3 Å². The van der Waals surface area contributed by atoms with Gasteiger partial charge in [-0.15, -0.1) is 0 Å². The molecule has 0 unspecified atom stereocenters. The molecule has 4 nitrogen and oxygen atoms in total. The second kappa shape index (κ2) is 6.61. The average Bonchev–Trinajstić information content (AvgIpc) is 2.53. The van der Waals surface area contributed by atoms with Gasteiger partial charge in [-0.2, -0.15) is 26.3 Å². The van der Waals surface area contributed by atoms with Crippen molar-refractivity contribution >= 4 is 11.6 Å². The summed E-state index contributed by atoms with van der Waals surface area (Å²) in [5, 5.41) is 2.18. The van der Waals surface area contributed by atoms with E-state index in [-0.39, 0.29) is 17.6 Å².